The number of aliphatic carboxylic acids is 1. The third-order valence-corrected chi connectivity index (χ3v) is 11.3. The highest BCUT2D eigenvalue weighted by atomic mass is 16.4. The van der Waals surface area contributed by atoms with Crippen LogP contribution < -0.4 is 10.6 Å². The van der Waals surface area contributed by atoms with Crippen LogP contribution in [0.2, 0.25) is 0 Å². The van der Waals surface area contributed by atoms with Crippen LogP contribution in [-0.2, 0) is 4.79 Å². The number of aliphatic hydroxyl groups is 3. The fourth-order valence-electron chi connectivity index (χ4n) is 9.29. The van der Waals surface area contributed by atoms with Gasteiger partial charge in [0.2, 0.25) is 0 Å². The summed E-state index contributed by atoms with van der Waals surface area (Å²) >= 11 is 0. The summed E-state index contributed by atoms with van der Waals surface area (Å²) in [5, 5.41) is 48.5. The van der Waals surface area contributed by atoms with Crippen molar-refractivity contribution in [2.45, 2.75) is 96.9 Å². The van der Waals surface area contributed by atoms with E-state index in [1.165, 1.54) is 0 Å². The summed E-state index contributed by atoms with van der Waals surface area (Å²) < 4.78 is 0. The van der Waals surface area contributed by atoms with Crippen LogP contribution in [0.1, 0.15) is 78.6 Å². The maximum Gasteiger partial charge on any atom is 0.303 e. The van der Waals surface area contributed by atoms with E-state index >= 15 is 0 Å². The molecule has 5 fully saturated rings. The summed E-state index contributed by atoms with van der Waals surface area (Å²) in [5.74, 6) is 0.997. The predicted octanol–water partition coefficient (Wildman–Crippen LogP) is 2.63. The van der Waals surface area contributed by atoms with E-state index in [1.54, 1.807) is 0 Å². The molecule has 0 radical (unpaired) electrons. The van der Waals surface area contributed by atoms with Gasteiger partial charge in [-0.15, -0.1) is 0 Å². The average Bonchev–Trinajstić information content (AvgIpc) is 3.19. The lowest BCUT2D eigenvalue weighted by Gasteiger charge is -2.63. The van der Waals surface area contributed by atoms with Gasteiger partial charge in [-0.05, 0) is 97.7 Å². The maximum atomic E-state index is 11.5. The Bertz CT molecular complexity index is 721. The quantitative estimate of drug-likeness (QED) is 0.355. The van der Waals surface area contributed by atoms with Crippen molar-refractivity contribution in [3.63, 3.8) is 0 Å². The van der Waals surface area contributed by atoms with Gasteiger partial charge in [-0.2, -0.15) is 0 Å². The van der Waals surface area contributed by atoms with Crippen molar-refractivity contribution in [1.29, 1.82) is 0 Å². The lowest BCUT2D eigenvalue weighted by atomic mass is 9.43. The molecule has 0 spiro atoms. The maximum absolute atomic E-state index is 11.5. The van der Waals surface area contributed by atoms with E-state index in [1.807, 2.05) is 0 Å². The van der Waals surface area contributed by atoms with Crippen LogP contribution in [0.4, 0.5) is 0 Å². The van der Waals surface area contributed by atoms with Crippen molar-refractivity contribution >= 4 is 5.97 Å². The fourth-order valence-corrected chi connectivity index (χ4v) is 9.29. The van der Waals surface area contributed by atoms with Gasteiger partial charge in [0.15, 0.2) is 0 Å². The van der Waals surface area contributed by atoms with Crippen LogP contribution in [0, 0.1) is 46.3 Å². The van der Waals surface area contributed by atoms with Gasteiger partial charge in [-0.1, -0.05) is 20.8 Å². The van der Waals surface area contributed by atoms with Crippen LogP contribution in [0.5, 0.6) is 0 Å². The summed E-state index contributed by atoms with van der Waals surface area (Å²) in [6, 6.07) is 0. The molecule has 0 aromatic rings. The zero-order valence-electron chi connectivity index (χ0n) is 22.1. The summed E-state index contributed by atoms with van der Waals surface area (Å²) in [6.07, 6.45) is 6.00. The average molecular weight is 495 g/mol. The SMILES string of the molecule is C1CNCCN1.C[C@H](CCC(=O)O)[C@H]1CC[C@H]2[C@@H]3C(O)CC4CC(O)CC[C@]4(C)[C@H]3CC(O)[C@]12C. The minimum atomic E-state index is -0.748. The number of piperazine rings is 1. The molecule has 0 bridgehead atoms. The second kappa shape index (κ2) is 10.9. The number of aliphatic hydroxyl groups excluding tert-OH is 3. The smallest absolute Gasteiger partial charge is 0.303 e. The summed E-state index contributed by atoms with van der Waals surface area (Å²) in [6.45, 7) is 11.3. The van der Waals surface area contributed by atoms with Crippen LogP contribution >= 0.6 is 0 Å². The number of fused-ring (bicyclic) bond motifs is 5. The molecule has 5 aliphatic rings. The highest BCUT2D eigenvalue weighted by Crippen LogP contribution is 2.68. The predicted molar refractivity (Wildman–Crippen MR) is 136 cm³/mol. The molecule has 1 aliphatic heterocycles. The van der Waals surface area contributed by atoms with E-state index < -0.39 is 12.1 Å². The summed E-state index contributed by atoms with van der Waals surface area (Å²) in [4.78, 5) is 11.1. The number of carboxylic acids is 1. The normalized spacial score (nSPS) is 47.9. The first-order valence-electron chi connectivity index (χ1n) is 14.3. The van der Waals surface area contributed by atoms with Crippen LogP contribution in [-0.4, -0.2) is 70.9 Å². The van der Waals surface area contributed by atoms with Gasteiger partial charge in [-0.3, -0.25) is 4.79 Å². The first kappa shape index (κ1) is 27.3. The van der Waals surface area contributed by atoms with Gasteiger partial charge in [0, 0.05) is 32.6 Å². The van der Waals surface area contributed by atoms with Crippen LogP contribution in [0.25, 0.3) is 0 Å². The molecule has 5 rings (SSSR count). The van der Waals surface area contributed by atoms with Crippen molar-refractivity contribution in [3.8, 4) is 0 Å². The summed E-state index contributed by atoms with van der Waals surface area (Å²) in [7, 11) is 0. The Kier molecular flexibility index (Phi) is 8.54. The molecule has 0 aromatic heterocycles. The van der Waals surface area contributed by atoms with Crippen molar-refractivity contribution in [2.24, 2.45) is 46.3 Å². The molecular weight excluding hydrogens is 444 g/mol. The molecule has 0 amide bonds. The molecule has 7 nitrogen and oxygen atoms in total. The molecule has 35 heavy (non-hydrogen) atoms. The molecular formula is C28H50N2O5. The number of hydrogen-bond acceptors (Lipinski definition) is 6. The Morgan fingerprint density at radius 2 is 1.60 bits per heavy atom. The molecule has 4 saturated carbocycles. The third-order valence-electron chi connectivity index (χ3n) is 11.3. The van der Waals surface area contributed by atoms with E-state index in [9.17, 15) is 20.1 Å². The van der Waals surface area contributed by atoms with Crippen LogP contribution in [0.3, 0.4) is 0 Å². The minimum Gasteiger partial charge on any atom is -0.481 e. The highest BCUT2D eigenvalue weighted by molar-refractivity contribution is 5.66. The van der Waals surface area contributed by atoms with Gasteiger partial charge in [0.25, 0.3) is 0 Å². The van der Waals surface area contributed by atoms with Crippen LogP contribution in [0.15, 0.2) is 0 Å². The van der Waals surface area contributed by atoms with E-state index in [4.69, 9.17) is 5.11 Å². The van der Waals surface area contributed by atoms with Crippen molar-refractivity contribution in [3.05, 3.63) is 0 Å². The molecule has 4 aliphatic carbocycles. The topological polar surface area (TPSA) is 122 Å². The van der Waals surface area contributed by atoms with Gasteiger partial charge in [-0.25, -0.2) is 0 Å². The zero-order valence-corrected chi connectivity index (χ0v) is 22.1. The number of carboxylic acid groups (broad SMARTS) is 1. The largest absolute Gasteiger partial charge is 0.481 e. The third kappa shape index (κ3) is 5.18. The molecule has 202 valence electrons. The fraction of sp³-hybridized carbons (Fsp3) is 0.964. The van der Waals surface area contributed by atoms with E-state index in [0.29, 0.717) is 30.1 Å². The van der Waals surface area contributed by atoms with Crippen molar-refractivity contribution in [2.75, 3.05) is 26.2 Å². The van der Waals surface area contributed by atoms with E-state index in [-0.39, 0.29) is 41.3 Å². The molecule has 1 saturated heterocycles. The highest BCUT2D eigenvalue weighted by Gasteiger charge is 2.65. The number of carbonyl (C=O) groups is 1. The minimum absolute atomic E-state index is 0.0957. The van der Waals surface area contributed by atoms with Crippen molar-refractivity contribution in [1.82, 2.24) is 10.6 Å². The molecule has 11 atom stereocenters. The Labute approximate surface area is 211 Å². The lowest BCUT2D eigenvalue weighted by molar-refractivity contribution is -0.207. The number of nitrogens with one attached hydrogen (secondary N) is 2. The zero-order chi connectivity index (χ0) is 25.4. The number of hydrogen-bond donors (Lipinski definition) is 6. The first-order valence-corrected chi connectivity index (χ1v) is 14.3. The monoisotopic (exact) mass is 494 g/mol. The van der Waals surface area contributed by atoms with Gasteiger partial charge >= 0.3 is 5.97 Å². The Balaban J connectivity index is 0.000000421. The second-order valence-electron chi connectivity index (χ2n) is 12.9. The Morgan fingerprint density at radius 1 is 0.943 bits per heavy atom. The van der Waals surface area contributed by atoms with Gasteiger partial charge in [0.05, 0.1) is 18.3 Å². The Morgan fingerprint density at radius 3 is 2.20 bits per heavy atom. The molecule has 7 heteroatoms. The Hall–Kier alpha value is -0.730. The number of rotatable bonds is 4. The molecule has 6 N–H and O–H groups in total. The molecule has 4 unspecified atom stereocenters. The van der Waals surface area contributed by atoms with E-state index in [0.717, 1.165) is 71.1 Å². The van der Waals surface area contributed by atoms with Gasteiger partial charge in [0.1, 0.15) is 0 Å². The lowest BCUT2D eigenvalue weighted by Crippen LogP contribution is -2.62. The van der Waals surface area contributed by atoms with Crippen molar-refractivity contribution < 1.29 is 25.2 Å². The van der Waals surface area contributed by atoms with Gasteiger partial charge < -0.3 is 31.1 Å². The standard InChI is InChI=1S/C24H40O5.C4H10N2/c1-13(4-7-21(28)29)16-5-6-17-22-18(12-20(27)24(16,17)3)23(2)9-8-15(25)10-14(23)11-19(22)26;1-2-6-4-3-5-1/h13-20,22,25-27H,4-12H2,1-3H3,(H,28,29);5-6H,1-4H2/t13-,14?,15?,16-,17+,18+,19?,20?,22+,23+,24-;/m1./s1. The first-order chi connectivity index (χ1) is 16.6. The molecule has 0 aromatic carbocycles. The van der Waals surface area contributed by atoms with E-state index in [2.05, 4.69) is 31.4 Å². The summed E-state index contributed by atoms with van der Waals surface area (Å²) in [5.41, 5.74) is -0.143. The second-order valence-corrected chi connectivity index (χ2v) is 12.9. The molecule has 1 heterocycles.